The molecule has 5 nitrogen and oxygen atoms in total. The maximum Gasteiger partial charge on any atom is 0.345 e. The molecule has 3 saturated carbocycles. The lowest BCUT2D eigenvalue weighted by atomic mass is 9.47. The summed E-state index contributed by atoms with van der Waals surface area (Å²) in [6, 6.07) is 10.4. The van der Waals surface area contributed by atoms with E-state index in [9.17, 15) is 9.59 Å². The van der Waals surface area contributed by atoms with E-state index in [2.05, 4.69) is 45.7 Å². The van der Waals surface area contributed by atoms with Crippen LogP contribution in [0.1, 0.15) is 121 Å². The topological polar surface area (TPSA) is 65.5 Å². The molecule has 252 valence electrons. The van der Waals surface area contributed by atoms with Gasteiger partial charge in [0.2, 0.25) is 0 Å². The molecule has 0 aliphatic heterocycles. The molecule has 0 bridgehead atoms. The van der Waals surface area contributed by atoms with Crippen molar-refractivity contribution in [2.24, 2.45) is 46.3 Å². The molecule has 0 radical (unpaired) electrons. The molecule has 6 rings (SSSR count). The van der Waals surface area contributed by atoms with Crippen LogP contribution in [0.4, 0.5) is 0 Å². The van der Waals surface area contributed by atoms with Gasteiger partial charge in [-0.05, 0) is 127 Å². The van der Waals surface area contributed by atoms with Gasteiger partial charge < -0.3 is 9.47 Å². The standard InChI is InChI=1S/C42H55NO4/c1-28(2)8-6-9-29(3)36-18-19-37-35-17-14-32-26-34(21-23-41(32,4)38(35)22-24-42(36,37)5)46-39(44)20-13-30-11-15-33(16-12-30)47-40(45)31-10-7-25-43-27-31/h7,10-16,20,25,27-29,34-38H,6,8-9,17-19,21-24,26H2,1-5H3/b20-13+. The van der Waals surface area contributed by atoms with Crippen molar-refractivity contribution in [1.82, 2.24) is 4.98 Å². The van der Waals surface area contributed by atoms with E-state index in [1.807, 2.05) is 12.1 Å². The molecular formula is C42H55NO4. The molecule has 47 heavy (non-hydrogen) atoms. The SMILES string of the molecule is CC(C)CCCC(C)C1CCC2C3CC=C4CC(OC(=O)/C=C/c5ccc(OC(=O)c6cccnc6)cc5)CCC4(C)C3CCC12C. The van der Waals surface area contributed by atoms with Crippen LogP contribution in [0.2, 0.25) is 0 Å². The fourth-order valence-corrected chi connectivity index (χ4v) is 10.4. The quantitative estimate of drug-likeness (QED) is 0.112. The van der Waals surface area contributed by atoms with Crippen molar-refractivity contribution in [3.05, 3.63) is 77.6 Å². The van der Waals surface area contributed by atoms with Gasteiger partial charge in [0.05, 0.1) is 5.56 Å². The van der Waals surface area contributed by atoms with E-state index in [1.54, 1.807) is 42.1 Å². The van der Waals surface area contributed by atoms with E-state index in [0.29, 0.717) is 16.7 Å². The van der Waals surface area contributed by atoms with Crippen LogP contribution in [0, 0.1) is 46.3 Å². The Balaban J connectivity index is 1.02. The molecular weight excluding hydrogens is 582 g/mol. The Morgan fingerprint density at radius 2 is 1.79 bits per heavy atom. The molecule has 1 heterocycles. The van der Waals surface area contributed by atoms with Gasteiger partial charge in [0.15, 0.2) is 0 Å². The van der Waals surface area contributed by atoms with Gasteiger partial charge in [0.25, 0.3) is 0 Å². The Morgan fingerprint density at radius 1 is 0.979 bits per heavy atom. The fraction of sp³-hybridized carbons (Fsp3) is 0.595. The van der Waals surface area contributed by atoms with Gasteiger partial charge in [0, 0.05) is 24.9 Å². The number of aromatic nitrogens is 1. The smallest absolute Gasteiger partial charge is 0.345 e. The second kappa shape index (κ2) is 14.1. The summed E-state index contributed by atoms with van der Waals surface area (Å²) in [4.78, 5) is 29.1. The number of allylic oxidation sites excluding steroid dienone is 1. The lowest BCUT2D eigenvalue weighted by molar-refractivity contribution is -0.145. The van der Waals surface area contributed by atoms with Crippen LogP contribution in [0.15, 0.2) is 66.5 Å². The summed E-state index contributed by atoms with van der Waals surface area (Å²) in [6.45, 7) is 12.5. The van der Waals surface area contributed by atoms with Crippen molar-refractivity contribution in [1.29, 1.82) is 0 Å². The zero-order chi connectivity index (χ0) is 33.2. The van der Waals surface area contributed by atoms with E-state index in [4.69, 9.17) is 9.47 Å². The molecule has 5 heteroatoms. The normalized spacial score (nSPS) is 32.2. The Bertz CT molecular complexity index is 1460. The van der Waals surface area contributed by atoms with Gasteiger partial charge in [0.1, 0.15) is 11.9 Å². The summed E-state index contributed by atoms with van der Waals surface area (Å²) in [5.74, 6) is 4.65. The molecule has 0 amide bonds. The first kappa shape index (κ1) is 33.7. The number of rotatable bonds is 10. The first-order valence-corrected chi connectivity index (χ1v) is 18.4. The lowest BCUT2D eigenvalue weighted by Gasteiger charge is -2.58. The predicted octanol–water partition coefficient (Wildman–Crippen LogP) is 10.3. The summed E-state index contributed by atoms with van der Waals surface area (Å²) in [7, 11) is 0. The molecule has 1 aromatic carbocycles. The van der Waals surface area contributed by atoms with Crippen LogP contribution >= 0.6 is 0 Å². The first-order valence-electron chi connectivity index (χ1n) is 18.4. The molecule has 1 aromatic heterocycles. The third kappa shape index (κ3) is 7.15. The summed E-state index contributed by atoms with van der Waals surface area (Å²) < 4.78 is 11.4. The van der Waals surface area contributed by atoms with Crippen molar-refractivity contribution >= 4 is 18.0 Å². The molecule has 8 unspecified atom stereocenters. The third-order valence-electron chi connectivity index (χ3n) is 12.9. The number of fused-ring (bicyclic) bond motifs is 5. The average molecular weight is 638 g/mol. The maximum absolute atomic E-state index is 12.9. The molecule has 0 saturated heterocycles. The van der Waals surface area contributed by atoms with Crippen molar-refractivity contribution in [2.45, 2.75) is 111 Å². The highest BCUT2D eigenvalue weighted by atomic mass is 16.5. The number of nitrogens with zero attached hydrogens (tertiary/aromatic N) is 1. The van der Waals surface area contributed by atoms with Crippen LogP contribution in [0.5, 0.6) is 5.75 Å². The Kier molecular flexibility index (Phi) is 10.1. The van der Waals surface area contributed by atoms with E-state index >= 15 is 0 Å². The second-order valence-corrected chi connectivity index (χ2v) is 16.1. The van der Waals surface area contributed by atoms with Crippen LogP contribution in [0.3, 0.4) is 0 Å². The van der Waals surface area contributed by atoms with Crippen molar-refractivity contribution in [3.63, 3.8) is 0 Å². The van der Waals surface area contributed by atoms with E-state index in [1.165, 1.54) is 63.6 Å². The second-order valence-electron chi connectivity index (χ2n) is 16.1. The summed E-state index contributed by atoms with van der Waals surface area (Å²) in [6.07, 6.45) is 22.7. The number of pyridine rings is 1. The number of ether oxygens (including phenoxy) is 2. The first-order chi connectivity index (χ1) is 22.6. The minimum atomic E-state index is -0.455. The molecule has 4 aliphatic rings. The Morgan fingerprint density at radius 3 is 2.53 bits per heavy atom. The monoisotopic (exact) mass is 637 g/mol. The number of hydrogen-bond donors (Lipinski definition) is 0. The molecule has 0 spiro atoms. The van der Waals surface area contributed by atoms with E-state index in [-0.39, 0.29) is 17.5 Å². The number of benzene rings is 1. The molecule has 4 aliphatic carbocycles. The minimum Gasteiger partial charge on any atom is -0.459 e. The van der Waals surface area contributed by atoms with Crippen LogP contribution < -0.4 is 4.74 Å². The van der Waals surface area contributed by atoms with Crippen LogP contribution in [0.25, 0.3) is 6.08 Å². The highest BCUT2D eigenvalue weighted by molar-refractivity contribution is 5.90. The van der Waals surface area contributed by atoms with Crippen molar-refractivity contribution < 1.29 is 19.1 Å². The minimum absolute atomic E-state index is 0.0614. The summed E-state index contributed by atoms with van der Waals surface area (Å²) in [5.41, 5.74) is 3.52. The van der Waals surface area contributed by atoms with Crippen LogP contribution in [-0.4, -0.2) is 23.0 Å². The molecule has 0 N–H and O–H groups in total. The summed E-state index contributed by atoms with van der Waals surface area (Å²) in [5, 5.41) is 0. The number of carbonyl (C=O) groups excluding carboxylic acids is 2. The predicted molar refractivity (Wildman–Crippen MR) is 188 cm³/mol. The summed E-state index contributed by atoms with van der Waals surface area (Å²) >= 11 is 0. The van der Waals surface area contributed by atoms with Crippen LogP contribution in [-0.2, 0) is 9.53 Å². The van der Waals surface area contributed by atoms with Gasteiger partial charge in [-0.15, -0.1) is 0 Å². The highest BCUT2D eigenvalue weighted by Gasteiger charge is 2.59. The molecule has 8 atom stereocenters. The molecule has 2 aromatic rings. The molecule has 3 fully saturated rings. The number of hydrogen-bond acceptors (Lipinski definition) is 5. The lowest BCUT2D eigenvalue weighted by Crippen LogP contribution is -2.51. The highest BCUT2D eigenvalue weighted by Crippen LogP contribution is 2.67. The Hall–Kier alpha value is -3.21. The zero-order valence-electron chi connectivity index (χ0n) is 29.3. The average Bonchev–Trinajstić information content (AvgIpc) is 3.42. The maximum atomic E-state index is 12.9. The van der Waals surface area contributed by atoms with Gasteiger partial charge in [-0.3, -0.25) is 4.98 Å². The fourth-order valence-electron chi connectivity index (χ4n) is 10.4. The number of carbonyl (C=O) groups is 2. The van der Waals surface area contributed by atoms with Gasteiger partial charge in [-0.2, -0.15) is 0 Å². The number of esters is 2. The van der Waals surface area contributed by atoms with Gasteiger partial charge in [-0.1, -0.05) is 77.7 Å². The largest absolute Gasteiger partial charge is 0.459 e. The van der Waals surface area contributed by atoms with Crippen molar-refractivity contribution in [3.8, 4) is 5.75 Å². The van der Waals surface area contributed by atoms with Gasteiger partial charge in [-0.25, -0.2) is 9.59 Å². The van der Waals surface area contributed by atoms with E-state index in [0.717, 1.165) is 60.3 Å². The van der Waals surface area contributed by atoms with Crippen molar-refractivity contribution in [2.75, 3.05) is 0 Å². The Labute approximate surface area is 282 Å². The van der Waals surface area contributed by atoms with E-state index < -0.39 is 5.97 Å². The zero-order valence-corrected chi connectivity index (χ0v) is 29.3. The van der Waals surface area contributed by atoms with Gasteiger partial charge >= 0.3 is 11.9 Å². The third-order valence-corrected chi connectivity index (χ3v) is 12.9.